The Balaban J connectivity index is 2.33. The highest BCUT2D eigenvalue weighted by atomic mass is 16.5. The molecular weight excluding hydrogens is 250 g/mol. The van der Waals surface area contributed by atoms with Crippen molar-refractivity contribution in [3.8, 4) is 11.8 Å². The predicted molar refractivity (Wildman–Crippen MR) is 81.3 cm³/mol. The number of nitriles is 1. The van der Waals surface area contributed by atoms with Crippen LogP contribution in [0.1, 0.15) is 16.7 Å². The Morgan fingerprint density at radius 3 is 2.30 bits per heavy atom. The van der Waals surface area contributed by atoms with Gasteiger partial charge >= 0.3 is 0 Å². The van der Waals surface area contributed by atoms with Gasteiger partial charge in [0.05, 0.1) is 30.1 Å². The van der Waals surface area contributed by atoms with Crippen LogP contribution < -0.4 is 15.8 Å². The average Bonchev–Trinajstić information content (AvgIpc) is 2.41. The molecule has 0 saturated carbocycles. The van der Waals surface area contributed by atoms with Crippen molar-refractivity contribution in [3.63, 3.8) is 0 Å². The van der Waals surface area contributed by atoms with Crippen molar-refractivity contribution in [2.75, 3.05) is 18.2 Å². The molecule has 2 aromatic rings. The molecule has 0 aliphatic heterocycles. The van der Waals surface area contributed by atoms with Gasteiger partial charge in [-0.05, 0) is 55.3 Å². The van der Waals surface area contributed by atoms with Crippen molar-refractivity contribution in [3.05, 3.63) is 47.0 Å². The van der Waals surface area contributed by atoms with Gasteiger partial charge in [-0.2, -0.15) is 5.26 Å². The van der Waals surface area contributed by atoms with Crippen LogP contribution in [-0.2, 0) is 0 Å². The fourth-order valence-electron chi connectivity index (χ4n) is 2.25. The molecule has 0 radical (unpaired) electrons. The first-order valence-electron chi connectivity index (χ1n) is 6.27. The Morgan fingerprint density at radius 1 is 1.15 bits per heavy atom. The molecule has 0 atom stereocenters. The van der Waals surface area contributed by atoms with Gasteiger partial charge in [0.1, 0.15) is 5.75 Å². The van der Waals surface area contributed by atoms with Gasteiger partial charge in [0.2, 0.25) is 0 Å². The van der Waals surface area contributed by atoms with Gasteiger partial charge in [-0.3, -0.25) is 0 Å². The van der Waals surface area contributed by atoms with Gasteiger partial charge in [-0.15, -0.1) is 0 Å². The molecule has 102 valence electrons. The van der Waals surface area contributed by atoms with Crippen molar-refractivity contribution in [2.24, 2.45) is 0 Å². The standard InChI is InChI=1S/C16H17N3O/c1-10-6-13(7-11(2)16(10)20-3)19-15-5-4-12(9-17)8-14(15)18/h4-8,19H,18H2,1-3H3. The number of nitrogens with one attached hydrogen (secondary N) is 1. The number of benzene rings is 2. The number of hydrogen-bond acceptors (Lipinski definition) is 4. The van der Waals surface area contributed by atoms with Crippen LogP contribution in [0.4, 0.5) is 17.1 Å². The first kappa shape index (κ1) is 13.8. The van der Waals surface area contributed by atoms with Crippen LogP contribution in [0.5, 0.6) is 5.75 Å². The lowest BCUT2D eigenvalue weighted by atomic mass is 10.1. The number of ether oxygens (including phenoxy) is 1. The number of anilines is 3. The van der Waals surface area contributed by atoms with Crippen LogP contribution >= 0.6 is 0 Å². The molecule has 0 aliphatic rings. The minimum atomic E-state index is 0.551. The number of methoxy groups -OCH3 is 1. The second kappa shape index (κ2) is 5.54. The summed E-state index contributed by atoms with van der Waals surface area (Å²) in [5.41, 5.74) is 10.9. The fraction of sp³-hybridized carbons (Fsp3) is 0.188. The molecule has 3 N–H and O–H groups in total. The fourth-order valence-corrected chi connectivity index (χ4v) is 2.25. The topological polar surface area (TPSA) is 71.1 Å². The Labute approximate surface area is 118 Å². The third kappa shape index (κ3) is 2.67. The van der Waals surface area contributed by atoms with Gasteiger partial charge in [-0.1, -0.05) is 0 Å². The second-order valence-electron chi connectivity index (χ2n) is 4.68. The van der Waals surface area contributed by atoms with E-state index in [9.17, 15) is 0 Å². The van der Waals surface area contributed by atoms with E-state index in [1.807, 2.05) is 32.0 Å². The molecule has 0 aliphatic carbocycles. The second-order valence-corrected chi connectivity index (χ2v) is 4.68. The van der Waals surface area contributed by atoms with Crippen LogP contribution in [0.15, 0.2) is 30.3 Å². The summed E-state index contributed by atoms with van der Waals surface area (Å²) in [4.78, 5) is 0. The van der Waals surface area contributed by atoms with E-state index in [1.54, 1.807) is 19.2 Å². The molecular formula is C16H17N3O. The number of rotatable bonds is 3. The van der Waals surface area contributed by atoms with Gasteiger partial charge in [0.15, 0.2) is 0 Å². The molecule has 4 heteroatoms. The number of nitrogen functional groups attached to an aromatic ring is 1. The normalized spacial score (nSPS) is 9.90. The number of hydrogen-bond donors (Lipinski definition) is 2. The molecule has 2 aromatic carbocycles. The van der Waals surface area contributed by atoms with E-state index in [1.165, 1.54) is 0 Å². The zero-order valence-electron chi connectivity index (χ0n) is 11.8. The monoisotopic (exact) mass is 267 g/mol. The smallest absolute Gasteiger partial charge is 0.124 e. The molecule has 0 fully saturated rings. The Bertz CT molecular complexity index is 664. The van der Waals surface area contributed by atoms with Crippen LogP contribution in [0.2, 0.25) is 0 Å². The van der Waals surface area contributed by atoms with E-state index < -0.39 is 0 Å². The third-order valence-electron chi connectivity index (χ3n) is 3.12. The van der Waals surface area contributed by atoms with E-state index in [4.69, 9.17) is 15.7 Å². The lowest BCUT2D eigenvalue weighted by Gasteiger charge is -2.14. The first-order valence-corrected chi connectivity index (χ1v) is 6.27. The lowest BCUT2D eigenvalue weighted by molar-refractivity contribution is 0.408. The van der Waals surface area contributed by atoms with Gasteiger partial charge in [0.25, 0.3) is 0 Å². The summed E-state index contributed by atoms with van der Waals surface area (Å²) in [5.74, 6) is 0.892. The highest BCUT2D eigenvalue weighted by molar-refractivity contribution is 5.74. The highest BCUT2D eigenvalue weighted by Gasteiger charge is 2.07. The van der Waals surface area contributed by atoms with Gasteiger partial charge in [0, 0.05) is 5.69 Å². The maximum absolute atomic E-state index is 8.83. The minimum Gasteiger partial charge on any atom is -0.496 e. The Hall–Kier alpha value is -2.67. The van der Waals surface area contributed by atoms with E-state index in [0.29, 0.717) is 11.3 Å². The van der Waals surface area contributed by atoms with E-state index >= 15 is 0 Å². The number of aryl methyl sites for hydroxylation is 2. The molecule has 0 bridgehead atoms. The predicted octanol–water partition coefficient (Wildman–Crippen LogP) is 3.51. The summed E-state index contributed by atoms with van der Waals surface area (Å²) >= 11 is 0. The van der Waals surface area contributed by atoms with E-state index in [2.05, 4.69) is 11.4 Å². The van der Waals surface area contributed by atoms with Crippen molar-refractivity contribution in [1.29, 1.82) is 5.26 Å². The lowest BCUT2D eigenvalue weighted by Crippen LogP contribution is -1.99. The number of nitrogens with zero attached hydrogens (tertiary/aromatic N) is 1. The summed E-state index contributed by atoms with van der Waals surface area (Å²) in [6.45, 7) is 4.00. The van der Waals surface area contributed by atoms with Crippen molar-refractivity contribution in [2.45, 2.75) is 13.8 Å². The zero-order valence-corrected chi connectivity index (χ0v) is 11.8. The zero-order chi connectivity index (χ0) is 14.7. The maximum atomic E-state index is 8.83. The van der Waals surface area contributed by atoms with E-state index in [-0.39, 0.29) is 0 Å². The molecule has 0 spiro atoms. The maximum Gasteiger partial charge on any atom is 0.124 e. The van der Waals surface area contributed by atoms with Crippen LogP contribution in [0.25, 0.3) is 0 Å². The van der Waals surface area contributed by atoms with Crippen LogP contribution in [0.3, 0.4) is 0 Å². The van der Waals surface area contributed by atoms with Crippen molar-refractivity contribution < 1.29 is 4.74 Å². The molecule has 0 unspecified atom stereocenters. The summed E-state index contributed by atoms with van der Waals surface area (Å²) in [6, 6.07) is 11.3. The molecule has 4 nitrogen and oxygen atoms in total. The summed E-state index contributed by atoms with van der Waals surface area (Å²) in [6.07, 6.45) is 0. The average molecular weight is 267 g/mol. The minimum absolute atomic E-state index is 0.551. The molecule has 0 saturated heterocycles. The number of nitrogens with two attached hydrogens (primary N) is 1. The quantitative estimate of drug-likeness (QED) is 0.835. The summed E-state index contributed by atoms with van der Waals surface area (Å²) in [7, 11) is 1.67. The summed E-state index contributed by atoms with van der Waals surface area (Å²) in [5, 5.41) is 12.1. The molecule has 0 heterocycles. The Kier molecular flexibility index (Phi) is 3.81. The summed E-state index contributed by atoms with van der Waals surface area (Å²) < 4.78 is 5.35. The largest absolute Gasteiger partial charge is 0.496 e. The van der Waals surface area contributed by atoms with E-state index in [0.717, 1.165) is 28.3 Å². The van der Waals surface area contributed by atoms with Crippen molar-refractivity contribution in [1.82, 2.24) is 0 Å². The highest BCUT2D eigenvalue weighted by Crippen LogP contribution is 2.30. The third-order valence-corrected chi connectivity index (χ3v) is 3.12. The Morgan fingerprint density at radius 2 is 1.80 bits per heavy atom. The van der Waals surface area contributed by atoms with Crippen molar-refractivity contribution >= 4 is 17.1 Å². The first-order chi connectivity index (χ1) is 9.55. The van der Waals surface area contributed by atoms with Crippen LogP contribution in [-0.4, -0.2) is 7.11 Å². The molecule has 0 aromatic heterocycles. The SMILES string of the molecule is COc1c(C)cc(Nc2ccc(C#N)cc2N)cc1C. The molecule has 0 amide bonds. The van der Waals surface area contributed by atoms with Gasteiger partial charge < -0.3 is 15.8 Å². The van der Waals surface area contributed by atoms with Crippen LogP contribution in [0, 0.1) is 25.2 Å². The van der Waals surface area contributed by atoms with Gasteiger partial charge in [-0.25, -0.2) is 0 Å². The molecule has 2 rings (SSSR count). The molecule has 20 heavy (non-hydrogen) atoms.